The van der Waals surface area contributed by atoms with Crippen molar-refractivity contribution in [2.24, 2.45) is 10.2 Å². The molecular weight excluding hydrogens is 615 g/mol. The number of methoxy groups -OCH3 is 2. The number of ether oxygens (including phenoxy) is 2. The first-order valence-corrected chi connectivity index (χ1v) is 16.1. The number of anilines is 4. The van der Waals surface area contributed by atoms with Crippen LogP contribution >= 0.6 is 11.3 Å². The predicted octanol–water partition coefficient (Wildman–Crippen LogP) is 7.15. The van der Waals surface area contributed by atoms with Gasteiger partial charge in [-0.1, -0.05) is 41.2 Å². The zero-order valence-electron chi connectivity index (χ0n) is 27.5. The van der Waals surface area contributed by atoms with Gasteiger partial charge in [0, 0.05) is 53.3 Å². The van der Waals surface area contributed by atoms with Crippen molar-refractivity contribution in [2.75, 3.05) is 63.1 Å². The van der Waals surface area contributed by atoms with E-state index in [1.807, 2.05) is 36.2 Å². The van der Waals surface area contributed by atoms with E-state index in [1.165, 1.54) is 16.9 Å². The van der Waals surface area contributed by atoms with Crippen LogP contribution in [-0.2, 0) is 9.47 Å². The second-order valence-corrected chi connectivity index (χ2v) is 12.0. The van der Waals surface area contributed by atoms with E-state index in [4.69, 9.17) is 19.4 Å². The number of aromatic nitrogens is 5. The van der Waals surface area contributed by atoms with Gasteiger partial charge < -0.3 is 25.0 Å². The number of nitriles is 1. The average Bonchev–Trinajstić information content (AvgIpc) is 3.68. The highest BCUT2D eigenvalue weighted by atomic mass is 32.1. The number of para-hydroxylation sites is 1. The number of hydrogen-bond donors (Lipinski definition) is 2. The minimum Gasteiger partial charge on any atom is -0.385 e. The lowest BCUT2D eigenvalue weighted by Gasteiger charge is -2.24. The highest BCUT2D eigenvalue weighted by Crippen LogP contribution is 2.37. The van der Waals surface area contributed by atoms with Crippen molar-refractivity contribution >= 4 is 56.3 Å². The number of nitrogens with zero attached hydrogens (tertiary/aromatic N) is 9. The van der Waals surface area contributed by atoms with Crippen LogP contribution in [0.25, 0.3) is 15.3 Å². The van der Waals surface area contributed by atoms with Crippen LogP contribution in [0.1, 0.15) is 35.1 Å². The number of fused-ring (bicyclic) bond motifs is 1. The van der Waals surface area contributed by atoms with Crippen LogP contribution in [0.3, 0.4) is 0 Å². The molecule has 0 aliphatic carbocycles. The van der Waals surface area contributed by atoms with Crippen LogP contribution in [0, 0.1) is 32.1 Å². The highest BCUT2D eigenvalue weighted by Gasteiger charge is 2.21. The van der Waals surface area contributed by atoms with Gasteiger partial charge in [-0.05, 0) is 56.9 Å². The number of aryl methyl sites for hydroxylation is 3. The van der Waals surface area contributed by atoms with E-state index in [1.54, 1.807) is 25.1 Å². The van der Waals surface area contributed by atoms with Crippen molar-refractivity contribution in [3.8, 4) is 11.2 Å². The summed E-state index contributed by atoms with van der Waals surface area (Å²) in [6.07, 6.45) is 3.11. The fourth-order valence-electron chi connectivity index (χ4n) is 5.25. The van der Waals surface area contributed by atoms with E-state index >= 15 is 0 Å². The van der Waals surface area contributed by atoms with Crippen molar-refractivity contribution in [3.05, 3.63) is 64.8 Å². The maximum atomic E-state index is 9.93. The monoisotopic (exact) mass is 653 g/mol. The first-order valence-electron chi connectivity index (χ1n) is 15.3. The smallest absolute Gasteiger partial charge is 0.233 e. The first kappa shape index (κ1) is 33.4. The van der Waals surface area contributed by atoms with Gasteiger partial charge in [-0.15, -0.1) is 15.3 Å². The largest absolute Gasteiger partial charge is 0.385 e. The number of benzene rings is 2. The molecule has 0 saturated heterocycles. The Bertz CT molecular complexity index is 1820. The molecule has 0 aliphatic rings. The van der Waals surface area contributed by atoms with Gasteiger partial charge in [0.25, 0.3) is 0 Å². The van der Waals surface area contributed by atoms with Gasteiger partial charge >= 0.3 is 0 Å². The zero-order valence-corrected chi connectivity index (χ0v) is 28.4. The number of thiazole rings is 1. The number of rotatable bonds is 15. The van der Waals surface area contributed by atoms with Crippen LogP contribution < -0.4 is 15.5 Å². The molecule has 0 bridgehead atoms. The maximum Gasteiger partial charge on any atom is 0.233 e. The van der Waals surface area contributed by atoms with Gasteiger partial charge in [0.05, 0.1) is 16.4 Å². The van der Waals surface area contributed by atoms with E-state index in [2.05, 4.69) is 69.9 Å². The molecule has 0 radical (unpaired) electrons. The van der Waals surface area contributed by atoms with Crippen molar-refractivity contribution < 1.29 is 9.47 Å². The SMILES string of the molecule is COCCCNc1nc(N(C)c2c(C)cc(C)cc2C)nc(NCCCOC)c1N=Nc1nn(-c2nc3ccccc3s2)cc1C#N. The molecule has 0 fully saturated rings. The lowest BCUT2D eigenvalue weighted by Crippen LogP contribution is -2.19. The fraction of sp³-hybridized carbons (Fsp3) is 0.364. The van der Waals surface area contributed by atoms with Crippen LogP contribution in [0.2, 0.25) is 0 Å². The van der Waals surface area contributed by atoms with Crippen molar-refractivity contribution in [2.45, 2.75) is 33.6 Å². The third-order valence-electron chi connectivity index (χ3n) is 7.32. The maximum absolute atomic E-state index is 9.93. The summed E-state index contributed by atoms with van der Waals surface area (Å²) in [5, 5.41) is 31.0. The van der Waals surface area contributed by atoms with Crippen molar-refractivity contribution in [1.29, 1.82) is 5.26 Å². The Hall–Kier alpha value is -4.97. The quantitative estimate of drug-likeness (QED) is 0.0880. The van der Waals surface area contributed by atoms with E-state index in [-0.39, 0.29) is 11.4 Å². The van der Waals surface area contributed by atoms with Gasteiger partial charge in [0.1, 0.15) is 11.6 Å². The molecule has 2 N–H and O–H groups in total. The predicted molar refractivity (Wildman–Crippen MR) is 186 cm³/mol. The lowest BCUT2D eigenvalue weighted by molar-refractivity contribution is 0.197. The van der Waals surface area contributed by atoms with Crippen molar-refractivity contribution in [3.63, 3.8) is 0 Å². The minimum absolute atomic E-state index is 0.162. The molecule has 0 spiro atoms. The van der Waals surface area contributed by atoms with Crippen LogP contribution in [0.5, 0.6) is 0 Å². The summed E-state index contributed by atoms with van der Waals surface area (Å²) in [6.45, 7) is 8.59. The van der Waals surface area contributed by atoms with E-state index < -0.39 is 0 Å². The van der Waals surface area contributed by atoms with Gasteiger partial charge in [0.15, 0.2) is 17.3 Å². The second-order valence-electron chi connectivity index (χ2n) is 11.0. The van der Waals surface area contributed by atoms with Crippen LogP contribution in [-0.4, -0.2) is 72.3 Å². The van der Waals surface area contributed by atoms with Gasteiger partial charge in [-0.3, -0.25) is 0 Å². The van der Waals surface area contributed by atoms with Crippen molar-refractivity contribution in [1.82, 2.24) is 24.7 Å². The lowest BCUT2D eigenvalue weighted by atomic mass is 10.0. The molecule has 2 aromatic carbocycles. The normalized spacial score (nSPS) is 11.3. The summed E-state index contributed by atoms with van der Waals surface area (Å²) in [7, 11) is 5.30. The Balaban J connectivity index is 1.57. The molecule has 3 heterocycles. The Morgan fingerprint density at radius 2 is 1.57 bits per heavy atom. The number of hydrogen-bond acceptors (Lipinski definition) is 13. The molecular formula is C33H39N11O2S. The van der Waals surface area contributed by atoms with Crippen LogP contribution in [0.15, 0.2) is 52.8 Å². The Morgan fingerprint density at radius 1 is 0.936 bits per heavy atom. The van der Waals surface area contributed by atoms with E-state index in [9.17, 15) is 5.26 Å². The Morgan fingerprint density at radius 3 is 2.17 bits per heavy atom. The average molecular weight is 654 g/mol. The number of nitrogens with one attached hydrogen (secondary N) is 2. The standard InChI is InChI=1S/C33H39N11O2S/c1-21-17-22(2)28(23(3)18-21)43(4)32-38-30(35-13-9-15-45-5)27(31(39-32)36-14-10-16-46-6)40-41-29-24(19-34)20-44(42-29)33-37-25-11-7-8-12-26(25)47-33/h7-8,11-12,17-18,20H,9-10,13-16H2,1-6H3,(H2,35,36,38,39). The molecule has 3 aromatic heterocycles. The van der Waals surface area contributed by atoms with E-state index in [0.717, 1.165) is 39.9 Å². The summed E-state index contributed by atoms with van der Waals surface area (Å²) in [5.41, 5.74) is 5.98. The molecule has 13 nitrogen and oxygen atoms in total. The molecule has 0 atom stereocenters. The third kappa shape index (κ3) is 7.89. The molecule has 0 aliphatic heterocycles. The fourth-order valence-corrected chi connectivity index (χ4v) is 6.15. The summed E-state index contributed by atoms with van der Waals surface area (Å²) < 4.78 is 13.1. The molecule has 14 heteroatoms. The number of azo groups is 1. The topological polar surface area (TPSA) is 151 Å². The summed E-state index contributed by atoms with van der Waals surface area (Å²) >= 11 is 1.48. The van der Waals surface area contributed by atoms with Gasteiger partial charge in [-0.25, -0.2) is 9.67 Å². The summed E-state index contributed by atoms with van der Waals surface area (Å²) in [5.74, 6) is 1.62. The molecule has 5 rings (SSSR count). The molecule has 244 valence electrons. The zero-order chi connectivity index (χ0) is 33.3. The first-order chi connectivity index (χ1) is 22.8. The summed E-state index contributed by atoms with van der Waals surface area (Å²) in [6, 6.07) is 14.3. The van der Waals surface area contributed by atoms with E-state index in [0.29, 0.717) is 54.7 Å². The molecule has 0 amide bonds. The Kier molecular flexibility index (Phi) is 11.0. The molecule has 0 unspecified atom stereocenters. The Labute approximate surface area is 278 Å². The molecule has 0 saturated carbocycles. The molecule has 5 aromatic rings. The van der Waals surface area contributed by atoms with Gasteiger partial charge in [-0.2, -0.15) is 15.2 Å². The minimum atomic E-state index is 0.162. The van der Waals surface area contributed by atoms with Crippen LogP contribution in [0.4, 0.5) is 34.8 Å². The molecule has 47 heavy (non-hydrogen) atoms. The highest BCUT2D eigenvalue weighted by molar-refractivity contribution is 7.20. The summed E-state index contributed by atoms with van der Waals surface area (Å²) in [4.78, 5) is 16.5. The third-order valence-corrected chi connectivity index (χ3v) is 8.34. The second kappa shape index (κ2) is 15.5. The van der Waals surface area contributed by atoms with Gasteiger partial charge in [0.2, 0.25) is 16.9 Å².